The summed E-state index contributed by atoms with van der Waals surface area (Å²) in [5, 5.41) is 2.55. The van der Waals surface area contributed by atoms with Crippen LogP contribution in [0.5, 0.6) is 5.75 Å². The standard InChI is InChI=1S/C16H16BrFN2O2/c1-20(10-11-4-3-5-13(8-11)22-2)16(21)19-15-7-6-12(17)9-14(15)18/h3-9H,10H2,1-2H3,(H,19,21). The fourth-order valence-electron chi connectivity index (χ4n) is 1.92. The summed E-state index contributed by atoms with van der Waals surface area (Å²) in [4.78, 5) is 13.6. The number of benzene rings is 2. The molecule has 2 amide bonds. The first kappa shape index (κ1) is 16.3. The molecule has 0 aliphatic rings. The van der Waals surface area contributed by atoms with Crippen LogP contribution in [0.2, 0.25) is 0 Å². The summed E-state index contributed by atoms with van der Waals surface area (Å²) in [6, 6.07) is 11.5. The third-order valence-corrected chi connectivity index (χ3v) is 3.57. The van der Waals surface area contributed by atoms with Crippen LogP contribution < -0.4 is 10.1 Å². The van der Waals surface area contributed by atoms with Gasteiger partial charge in [-0.15, -0.1) is 0 Å². The minimum absolute atomic E-state index is 0.144. The third-order valence-electron chi connectivity index (χ3n) is 3.07. The zero-order chi connectivity index (χ0) is 16.1. The molecule has 2 rings (SSSR count). The molecule has 2 aromatic carbocycles. The number of amides is 2. The van der Waals surface area contributed by atoms with E-state index in [-0.39, 0.29) is 11.7 Å². The summed E-state index contributed by atoms with van der Waals surface area (Å²) >= 11 is 3.17. The zero-order valence-corrected chi connectivity index (χ0v) is 13.9. The molecule has 0 fully saturated rings. The minimum atomic E-state index is -0.488. The van der Waals surface area contributed by atoms with Gasteiger partial charge in [0, 0.05) is 18.1 Å². The van der Waals surface area contributed by atoms with Gasteiger partial charge >= 0.3 is 6.03 Å². The molecule has 6 heteroatoms. The molecule has 0 unspecified atom stereocenters. The van der Waals surface area contributed by atoms with Crippen molar-refractivity contribution >= 4 is 27.6 Å². The summed E-state index contributed by atoms with van der Waals surface area (Å²) in [6.45, 7) is 0.390. The third kappa shape index (κ3) is 4.21. The first-order valence-electron chi connectivity index (χ1n) is 6.59. The Balaban J connectivity index is 2.02. The van der Waals surface area contributed by atoms with Gasteiger partial charge in [-0.05, 0) is 35.9 Å². The molecule has 2 aromatic rings. The van der Waals surface area contributed by atoms with E-state index in [9.17, 15) is 9.18 Å². The molecule has 0 aliphatic heterocycles. The van der Waals surface area contributed by atoms with Crippen molar-refractivity contribution in [2.24, 2.45) is 0 Å². The van der Waals surface area contributed by atoms with Crippen molar-refractivity contribution in [2.75, 3.05) is 19.5 Å². The second kappa shape index (κ2) is 7.26. The summed E-state index contributed by atoms with van der Waals surface area (Å²) in [5.74, 6) is 0.239. The Morgan fingerprint density at radius 3 is 2.77 bits per heavy atom. The minimum Gasteiger partial charge on any atom is -0.497 e. The maximum atomic E-state index is 13.7. The van der Waals surface area contributed by atoms with Crippen molar-refractivity contribution in [2.45, 2.75) is 6.54 Å². The normalized spacial score (nSPS) is 10.2. The van der Waals surface area contributed by atoms with E-state index in [4.69, 9.17) is 4.74 Å². The number of methoxy groups -OCH3 is 1. The molecule has 0 heterocycles. The van der Waals surface area contributed by atoms with E-state index < -0.39 is 5.82 Å². The molecule has 4 nitrogen and oxygen atoms in total. The number of rotatable bonds is 4. The number of anilines is 1. The van der Waals surface area contributed by atoms with Gasteiger partial charge in [-0.25, -0.2) is 9.18 Å². The number of ether oxygens (including phenoxy) is 1. The van der Waals surface area contributed by atoms with Gasteiger partial charge in [0.2, 0.25) is 0 Å². The second-order valence-electron chi connectivity index (χ2n) is 4.76. The summed E-state index contributed by atoms with van der Waals surface area (Å²) in [5.41, 5.74) is 1.07. The number of carbonyl (C=O) groups is 1. The van der Waals surface area contributed by atoms with Gasteiger partial charge in [-0.2, -0.15) is 0 Å². The Hall–Kier alpha value is -2.08. The zero-order valence-electron chi connectivity index (χ0n) is 12.3. The number of halogens is 2. The number of hydrogen-bond donors (Lipinski definition) is 1. The van der Waals surface area contributed by atoms with Gasteiger partial charge in [0.15, 0.2) is 0 Å². The Labute approximate surface area is 137 Å². The number of nitrogens with one attached hydrogen (secondary N) is 1. The Bertz CT molecular complexity index is 679. The topological polar surface area (TPSA) is 41.6 Å². The Morgan fingerprint density at radius 2 is 2.09 bits per heavy atom. The second-order valence-corrected chi connectivity index (χ2v) is 5.68. The van der Waals surface area contributed by atoms with Crippen molar-refractivity contribution in [1.82, 2.24) is 4.90 Å². The van der Waals surface area contributed by atoms with Crippen molar-refractivity contribution in [3.05, 3.63) is 58.3 Å². The van der Waals surface area contributed by atoms with Crippen LogP contribution in [-0.2, 0) is 6.54 Å². The molecule has 22 heavy (non-hydrogen) atoms. The Kier molecular flexibility index (Phi) is 5.38. The van der Waals surface area contributed by atoms with Crippen molar-refractivity contribution < 1.29 is 13.9 Å². The van der Waals surface area contributed by atoms with E-state index in [2.05, 4.69) is 21.2 Å². The maximum absolute atomic E-state index is 13.7. The first-order chi connectivity index (χ1) is 10.5. The molecule has 0 saturated carbocycles. The highest BCUT2D eigenvalue weighted by Gasteiger charge is 2.12. The van der Waals surface area contributed by atoms with Crippen LogP contribution >= 0.6 is 15.9 Å². The molecular weight excluding hydrogens is 351 g/mol. The van der Waals surface area contributed by atoms with Crippen LogP contribution in [0.25, 0.3) is 0 Å². The van der Waals surface area contributed by atoms with E-state index in [1.165, 1.54) is 17.0 Å². The highest BCUT2D eigenvalue weighted by molar-refractivity contribution is 9.10. The smallest absolute Gasteiger partial charge is 0.321 e. The van der Waals surface area contributed by atoms with E-state index in [0.717, 1.165) is 11.3 Å². The van der Waals surface area contributed by atoms with Crippen molar-refractivity contribution in [3.8, 4) is 5.75 Å². The molecular formula is C16H16BrFN2O2. The summed E-state index contributed by atoms with van der Waals surface area (Å²) < 4.78 is 19.5. The molecule has 0 saturated heterocycles. The maximum Gasteiger partial charge on any atom is 0.321 e. The SMILES string of the molecule is COc1cccc(CN(C)C(=O)Nc2ccc(Br)cc2F)c1. The number of nitrogens with zero attached hydrogens (tertiary/aromatic N) is 1. The lowest BCUT2D eigenvalue weighted by molar-refractivity contribution is 0.220. The van der Waals surface area contributed by atoms with E-state index in [1.54, 1.807) is 20.2 Å². The molecule has 0 atom stereocenters. The number of hydrogen-bond acceptors (Lipinski definition) is 2. The fourth-order valence-corrected chi connectivity index (χ4v) is 2.25. The summed E-state index contributed by atoms with van der Waals surface area (Å²) in [6.07, 6.45) is 0. The molecule has 0 bridgehead atoms. The molecule has 1 N–H and O–H groups in total. The monoisotopic (exact) mass is 366 g/mol. The van der Waals surface area contributed by atoms with Crippen molar-refractivity contribution in [3.63, 3.8) is 0 Å². The summed E-state index contributed by atoms with van der Waals surface area (Å²) in [7, 11) is 3.23. The molecule has 0 aliphatic carbocycles. The average molecular weight is 367 g/mol. The van der Waals surface area contributed by atoms with E-state index in [1.807, 2.05) is 24.3 Å². The van der Waals surface area contributed by atoms with E-state index in [0.29, 0.717) is 11.0 Å². The first-order valence-corrected chi connectivity index (χ1v) is 7.39. The lowest BCUT2D eigenvalue weighted by atomic mass is 10.2. The molecule has 0 spiro atoms. The molecule has 116 valence electrons. The lowest BCUT2D eigenvalue weighted by Crippen LogP contribution is -2.31. The quantitative estimate of drug-likeness (QED) is 0.877. The van der Waals surface area contributed by atoms with Gasteiger partial charge in [0.05, 0.1) is 12.8 Å². The van der Waals surface area contributed by atoms with Crippen LogP contribution in [0.4, 0.5) is 14.9 Å². The average Bonchev–Trinajstić information content (AvgIpc) is 2.50. The lowest BCUT2D eigenvalue weighted by Gasteiger charge is -2.18. The largest absolute Gasteiger partial charge is 0.497 e. The van der Waals surface area contributed by atoms with Crippen LogP contribution in [0.3, 0.4) is 0 Å². The van der Waals surface area contributed by atoms with Gasteiger partial charge in [0.25, 0.3) is 0 Å². The van der Waals surface area contributed by atoms with Gasteiger partial charge in [0.1, 0.15) is 11.6 Å². The highest BCUT2D eigenvalue weighted by Crippen LogP contribution is 2.20. The van der Waals surface area contributed by atoms with Crippen LogP contribution in [0.15, 0.2) is 46.9 Å². The van der Waals surface area contributed by atoms with Gasteiger partial charge in [-0.1, -0.05) is 28.1 Å². The van der Waals surface area contributed by atoms with Gasteiger partial charge in [-0.3, -0.25) is 0 Å². The predicted molar refractivity (Wildman–Crippen MR) is 87.6 cm³/mol. The Morgan fingerprint density at radius 1 is 1.32 bits per heavy atom. The number of carbonyl (C=O) groups excluding carboxylic acids is 1. The van der Waals surface area contributed by atoms with E-state index >= 15 is 0 Å². The highest BCUT2D eigenvalue weighted by atomic mass is 79.9. The van der Waals surface area contributed by atoms with Crippen LogP contribution in [-0.4, -0.2) is 25.1 Å². The fraction of sp³-hybridized carbons (Fsp3) is 0.188. The van der Waals surface area contributed by atoms with Crippen molar-refractivity contribution in [1.29, 1.82) is 0 Å². The number of urea groups is 1. The van der Waals surface area contributed by atoms with Crippen LogP contribution in [0, 0.1) is 5.82 Å². The molecule has 0 radical (unpaired) electrons. The molecule has 0 aromatic heterocycles. The predicted octanol–water partition coefficient (Wildman–Crippen LogP) is 4.26. The van der Waals surface area contributed by atoms with Crippen LogP contribution in [0.1, 0.15) is 5.56 Å². The van der Waals surface area contributed by atoms with Gasteiger partial charge < -0.3 is 15.0 Å².